The molecule has 0 aromatic carbocycles. The van der Waals surface area contributed by atoms with Crippen LogP contribution in [0.3, 0.4) is 0 Å². The molecule has 13 nitrogen and oxygen atoms in total. The fourth-order valence-corrected chi connectivity index (χ4v) is 6.28. The lowest BCUT2D eigenvalue weighted by Crippen LogP contribution is -2.60. The second-order valence-corrected chi connectivity index (χ2v) is 12.9. The van der Waals surface area contributed by atoms with Gasteiger partial charge in [0.15, 0.2) is 17.5 Å². The van der Waals surface area contributed by atoms with Gasteiger partial charge in [-0.2, -0.15) is 0 Å². The van der Waals surface area contributed by atoms with Crippen LogP contribution in [0.4, 0.5) is 0 Å². The van der Waals surface area contributed by atoms with Crippen LogP contribution in [0.25, 0.3) is 0 Å². The van der Waals surface area contributed by atoms with E-state index in [1.54, 1.807) is 19.9 Å². The van der Waals surface area contributed by atoms with Crippen LogP contribution >= 0.6 is 0 Å². The van der Waals surface area contributed by atoms with E-state index in [1.165, 1.54) is 40.9 Å². The smallest absolute Gasteiger partial charge is 0.337 e. The summed E-state index contributed by atoms with van der Waals surface area (Å²) in [4.78, 5) is 40.2. The van der Waals surface area contributed by atoms with Crippen LogP contribution in [0.15, 0.2) is 23.8 Å². The third-order valence-electron chi connectivity index (χ3n) is 9.54. The number of cyclic esters (lactones) is 1. The number of carbonyl (C=O) groups excluding carboxylic acids is 3. The minimum absolute atomic E-state index is 0.203. The minimum atomic E-state index is -2.92. The molecule has 2 rings (SSSR count). The molecule has 2 unspecified atom stereocenters. The average molecular weight is 645 g/mol. The zero-order valence-corrected chi connectivity index (χ0v) is 27.4. The molecule has 0 saturated carbocycles. The molecule has 14 atom stereocenters. The average Bonchev–Trinajstić information content (AvgIpc) is 3.71. The number of methoxy groups -OCH3 is 1. The van der Waals surface area contributed by atoms with Crippen LogP contribution in [0.2, 0.25) is 0 Å². The zero-order valence-electron chi connectivity index (χ0n) is 27.4. The molecule has 45 heavy (non-hydrogen) atoms. The molecule has 13 heteroatoms. The summed E-state index contributed by atoms with van der Waals surface area (Å²) in [5, 5.41) is 76.6. The molecular formula is C32H52O13. The molecule has 0 bridgehead atoms. The molecular weight excluding hydrogens is 592 g/mol. The van der Waals surface area contributed by atoms with Crippen molar-refractivity contribution in [3.63, 3.8) is 0 Å². The molecule has 1 fully saturated rings. The Morgan fingerprint density at radius 2 is 1.69 bits per heavy atom. The number of allylic oxidation sites excluding steroid dienone is 1. The summed E-state index contributed by atoms with van der Waals surface area (Å²) in [6, 6.07) is 0. The van der Waals surface area contributed by atoms with Crippen LogP contribution in [0.5, 0.6) is 0 Å². The molecule has 7 N–H and O–H groups in total. The van der Waals surface area contributed by atoms with Crippen molar-refractivity contribution >= 4 is 17.5 Å². The number of aliphatic hydroxyl groups excluding tert-OH is 6. The second kappa shape index (κ2) is 15.7. The van der Waals surface area contributed by atoms with Gasteiger partial charge in [0.2, 0.25) is 0 Å². The van der Waals surface area contributed by atoms with E-state index in [1.807, 2.05) is 13.0 Å². The van der Waals surface area contributed by atoms with Crippen LogP contribution in [0, 0.1) is 29.6 Å². The van der Waals surface area contributed by atoms with Gasteiger partial charge in [0.1, 0.15) is 24.1 Å². The summed E-state index contributed by atoms with van der Waals surface area (Å²) in [6.07, 6.45) is -6.03. The molecule has 1 saturated heterocycles. The number of epoxide rings is 1. The van der Waals surface area contributed by atoms with Gasteiger partial charge in [-0.05, 0) is 26.3 Å². The molecule has 2 aliphatic heterocycles. The van der Waals surface area contributed by atoms with Gasteiger partial charge in [0.05, 0.1) is 43.0 Å². The van der Waals surface area contributed by atoms with E-state index in [9.17, 15) is 50.1 Å². The van der Waals surface area contributed by atoms with Crippen molar-refractivity contribution in [3.8, 4) is 0 Å². The van der Waals surface area contributed by atoms with Crippen molar-refractivity contribution in [2.24, 2.45) is 29.6 Å². The van der Waals surface area contributed by atoms with Gasteiger partial charge in [0.25, 0.3) is 0 Å². The van der Waals surface area contributed by atoms with Crippen LogP contribution in [-0.2, 0) is 28.6 Å². The third-order valence-corrected chi connectivity index (χ3v) is 9.54. The van der Waals surface area contributed by atoms with E-state index in [2.05, 4.69) is 0 Å². The van der Waals surface area contributed by atoms with Gasteiger partial charge in [-0.25, -0.2) is 4.79 Å². The highest BCUT2D eigenvalue weighted by atomic mass is 16.6. The van der Waals surface area contributed by atoms with E-state index in [4.69, 9.17) is 14.2 Å². The zero-order chi connectivity index (χ0) is 34.6. The Morgan fingerprint density at radius 1 is 1.09 bits per heavy atom. The van der Waals surface area contributed by atoms with Gasteiger partial charge >= 0.3 is 5.97 Å². The van der Waals surface area contributed by atoms with Gasteiger partial charge < -0.3 is 50.0 Å². The fraction of sp³-hybridized carbons (Fsp3) is 0.781. The molecule has 2 heterocycles. The highest BCUT2D eigenvalue weighted by molar-refractivity contribution is 5.91. The predicted octanol–water partition coefficient (Wildman–Crippen LogP) is -0.545. The summed E-state index contributed by atoms with van der Waals surface area (Å²) < 4.78 is 16.3. The summed E-state index contributed by atoms with van der Waals surface area (Å²) in [5.74, 6) is -7.98. The minimum Gasteiger partial charge on any atom is -0.463 e. The van der Waals surface area contributed by atoms with Crippen molar-refractivity contribution in [3.05, 3.63) is 23.8 Å². The first-order valence-electron chi connectivity index (χ1n) is 15.3. The largest absolute Gasteiger partial charge is 0.463 e. The summed E-state index contributed by atoms with van der Waals surface area (Å²) in [6.45, 7) is 8.89. The Balaban J connectivity index is 2.61. The number of esters is 1. The number of Topliss-reactive ketones (excluding diaryl/α,β-unsaturated/α-hetero) is 2. The third kappa shape index (κ3) is 8.27. The standard InChI is InChI=1S/C32H52O13/c1-9-10-15(2)29-31(7,45-29)27(39)20-13-44-30(41)25(38)26(43-8)19(6)24(37)18(5)23(36)17(4)11-16(3)21(34)12-22(35)32(42,14-33)28(20)40/h9-11,15-16,18-23,25-27,29,33-36,38-39,42H,12-14H2,1-8H3/b10-9-,17-11+/t15-,16-,18+,19+,20+,21-,22-,23?,25+,26?,27+,29+,31+,32-/m0/s1. The van der Waals surface area contributed by atoms with Gasteiger partial charge in [-0.15, -0.1) is 0 Å². The Labute approximate surface area is 264 Å². The highest BCUT2D eigenvalue weighted by Gasteiger charge is 2.63. The number of aliphatic hydroxyl groups is 7. The molecule has 0 radical (unpaired) electrons. The Bertz CT molecular complexity index is 1110. The van der Waals surface area contributed by atoms with Gasteiger partial charge in [0, 0.05) is 37.2 Å². The topological polar surface area (TPSA) is 224 Å². The Kier molecular flexibility index (Phi) is 13.6. The van der Waals surface area contributed by atoms with E-state index < -0.39 is 115 Å². The fourth-order valence-electron chi connectivity index (χ4n) is 6.28. The lowest BCUT2D eigenvalue weighted by atomic mass is 9.76. The van der Waals surface area contributed by atoms with E-state index in [-0.39, 0.29) is 5.92 Å². The predicted molar refractivity (Wildman–Crippen MR) is 160 cm³/mol. The van der Waals surface area contributed by atoms with Crippen molar-refractivity contribution in [2.45, 2.75) is 109 Å². The monoisotopic (exact) mass is 644 g/mol. The first kappa shape index (κ1) is 39.1. The van der Waals surface area contributed by atoms with E-state index in [0.717, 1.165) is 0 Å². The lowest BCUT2D eigenvalue weighted by molar-refractivity contribution is -0.178. The van der Waals surface area contributed by atoms with Gasteiger partial charge in [-0.1, -0.05) is 45.9 Å². The lowest BCUT2D eigenvalue weighted by Gasteiger charge is -2.37. The molecule has 0 amide bonds. The van der Waals surface area contributed by atoms with E-state index >= 15 is 0 Å². The molecule has 0 aliphatic carbocycles. The van der Waals surface area contributed by atoms with Crippen molar-refractivity contribution in [1.82, 2.24) is 0 Å². The Morgan fingerprint density at radius 3 is 2.22 bits per heavy atom. The number of carbonyl (C=O) groups is 3. The van der Waals surface area contributed by atoms with Crippen molar-refractivity contribution < 1.29 is 64.3 Å². The quantitative estimate of drug-likeness (QED) is 0.110. The first-order chi connectivity index (χ1) is 20.8. The molecule has 2 aliphatic rings. The maximum absolute atomic E-state index is 13.9. The Hall–Kier alpha value is -2.07. The number of rotatable bonds is 6. The molecule has 0 spiro atoms. The SMILES string of the molecule is C/C=C\[C@H](C)[C@H]1O[C@]1(C)[C@H](O)[C@H]1COC(=O)[C@H](O)C(OC)[C@H](C)C(=O)[C@H](C)C(O)/C(C)=C/[C@H](C)[C@@H](O)C[C@H](O)[C@@](O)(CO)C1=O. The second-order valence-electron chi connectivity index (χ2n) is 12.9. The van der Waals surface area contributed by atoms with Gasteiger partial charge in [-0.3, -0.25) is 9.59 Å². The first-order valence-corrected chi connectivity index (χ1v) is 15.3. The normalized spacial score (nSPS) is 44.0. The van der Waals surface area contributed by atoms with Crippen molar-refractivity contribution in [1.29, 1.82) is 0 Å². The molecule has 0 aromatic heterocycles. The highest BCUT2D eigenvalue weighted by Crippen LogP contribution is 2.47. The van der Waals surface area contributed by atoms with Crippen molar-refractivity contribution in [2.75, 3.05) is 20.3 Å². The summed E-state index contributed by atoms with van der Waals surface area (Å²) >= 11 is 0. The van der Waals surface area contributed by atoms with Crippen LogP contribution < -0.4 is 0 Å². The number of ketones is 2. The number of hydrogen-bond donors (Lipinski definition) is 7. The molecule has 0 aromatic rings. The van der Waals surface area contributed by atoms with Crippen LogP contribution in [-0.4, -0.2) is 128 Å². The maximum Gasteiger partial charge on any atom is 0.337 e. The summed E-state index contributed by atoms with van der Waals surface area (Å²) in [7, 11) is 1.17. The van der Waals surface area contributed by atoms with Crippen LogP contribution in [0.1, 0.15) is 54.9 Å². The van der Waals surface area contributed by atoms with E-state index in [0.29, 0.717) is 5.57 Å². The maximum atomic E-state index is 13.9. The molecule has 258 valence electrons. The number of ether oxygens (including phenoxy) is 3. The number of hydrogen-bond acceptors (Lipinski definition) is 13. The summed E-state index contributed by atoms with van der Waals surface area (Å²) in [5.41, 5.74) is -3.97.